The summed E-state index contributed by atoms with van der Waals surface area (Å²) in [6.45, 7) is 10.7. The van der Waals surface area contributed by atoms with Crippen molar-refractivity contribution < 1.29 is 17.5 Å². The molecule has 0 aliphatic heterocycles. The minimum absolute atomic E-state index is 0.239. The third-order valence-corrected chi connectivity index (χ3v) is 8.30. The van der Waals surface area contributed by atoms with Crippen LogP contribution in [0.1, 0.15) is 142 Å². The number of hydrogen-bond donors (Lipinski definition) is 0. The zero-order valence-electron chi connectivity index (χ0n) is 25.6. The van der Waals surface area contributed by atoms with Gasteiger partial charge in [-0.15, -0.1) is 0 Å². The molecule has 0 amide bonds. The molecule has 0 bridgehead atoms. The maximum Gasteiger partial charge on any atom is 0.124 e. The molecule has 1 aromatic carbocycles. The van der Waals surface area contributed by atoms with E-state index in [1.54, 1.807) is 11.1 Å². The Morgan fingerprint density at radius 1 is 0.703 bits per heavy atom. The van der Waals surface area contributed by atoms with Crippen LogP contribution in [-0.4, -0.2) is 44.3 Å². The van der Waals surface area contributed by atoms with Crippen molar-refractivity contribution in [2.45, 2.75) is 142 Å². The maximum atomic E-state index is 9.08. The fraction of sp³-hybridized carbons (Fsp3) is 0.812. The molecular formula is C32H61NO3S. The molecule has 0 saturated heterocycles. The zero-order valence-corrected chi connectivity index (χ0v) is 26.4. The lowest BCUT2D eigenvalue weighted by Crippen LogP contribution is -2.57. The largest absolute Gasteiger partial charge is 0.748 e. The summed E-state index contributed by atoms with van der Waals surface area (Å²) in [5.41, 5.74) is 3.38. The van der Waals surface area contributed by atoms with Crippen LogP contribution in [0.4, 0.5) is 0 Å². The van der Waals surface area contributed by atoms with E-state index in [9.17, 15) is 0 Å². The predicted molar refractivity (Wildman–Crippen MR) is 161 cm³/mol. The second kappa shape index (κ2) is 20.1. The quantitative estimate of drug-likeness (QED) is 0.0943. The first-order chi connectivity index (χ1) is 17.5. The monoisotopic (exact) mass is 539 g/mol. The molecular weight excluding hydrogens is 478 g/mol. The Morgan fingerprint density at radius 3 is 1.46 bits per heavy atom. The molecule has 4 nitrogen and oxygen atoms in total. The Morgan fingerprint density at radius 2 is 1.08 bits per heavy atom. The van der Waals surface area contributed by atoms with Gasteiger partial charge in [0.1, 0.15) is 5.54 Å². The van der Waals surface area contributed by atoms with Gasteiger partial charge >= 0.3 is 0 Å². The summed E-state index contributed by atoms with van der Waals surface area (Å²) in [5.74, 6) is 0. The molecule has 0 atom stereocenters. The first-order valence-corrected chi connectivity index (χ1v) is 17.1. The number of benzene rings is 1. The van der Waals surface area contributed by atoms with E-state index in [2.05, 4.69) is 66.1 Å². The molecule has 218 valence electrons. The maximum absolute atomic E-state index is 9.08. The molecule has 1 rings (SSSR count). The lowest BCUT2D eigenvalue weighted by molar-refractivity contribution is -0.951. The van der Waals surface area contributed by atoms with E-state index in [0.29, 0.717) is 6.26 Å². The zero-order chi connectivity index (χ0) is 28.2. The Kier molecular flexibility index (Phi) is 19.6. The second-order valence-electron chi connectivity index (χ2n) is 11.5. The van der Waals surface area contributed by atoms with Gasteiger partial charge in [-0.1, -0.05) is 129 Å². The summed E-state index contributed by atoms with van der Waals surface area (Å²) in [6, 6.07) is 9.23. The average molecular weight is 540 g/mol. The first kappa shape index (κ1) is 36.1. The Bertz CT molecular complexity index is 777. The van der Waals surface area contributed by atoms with Crippen molar-refractivity contribution in [1.82, 2.24) is 0 Å². The molecule has 0 unspecified atom stereocenters. The van der Waals surface area contributed by atoms with E-state index in [1.165, 1.54) is 109 Å². The smallest absolute Gasteiger partial charge is 0.124 e. The van der Waals surface area contributed by atoms with Crippen molar-refractivity contribution >= 4 is 10.1 Å². The van der Waals surface area contributed by atoms with Crippen LogP contribution in [0, 0.1) is 0 Å². The lowest BCUT2D eigenvalue weighted by Gasteiger charge is -2.49. The molecule has 1 aromatic rings. The predicted octanol–water partition coefficient (Wildman–Crippen LogP) is 8.98. The molecule has 0 spiro atoms. The van der Waals surface area contributed by atoms with Crippen LogP contribution < -0.4 is 0 Å². The second-order valence-corrected chi connectivity index (χ2v) is 12.9. The highest BCUT2D eigenvalue weighted by molar-refractivity contribution is 7.84. The van der Waals surface area contributed by atoms with Crippen LogP contribution in [0.3, 0.4) is 0 Å². The molecule has 0 aliphatic rings. The Balaban J connectivity index is 0.00000235. The summed E-state index contributed by atoms with van der Waals surface area (Å²) in [5, 5.41) is 0. The average Bonchev–Trinajstić information content (AvgIpc) is 2.84. The van der Waals surface area contributed by atoms with E-state index >= 15 is 0 Å². The SMILES string of the molecule is CCCCCCCCCCCCCCCC[N+](C)(C)C(CC)(CC)c1ccccc1CC.CS(=O)(=O)[O-]. The van der Waals surface area contributed by atoms with Crippen molar-refractivity contribution in [2.24, 2.45) is 0 Å². The van der Waals surface area contributed by atoms with Crippen molar-refractivity contribution in [3.8, 4) is 0 Å². The van der Waals surface area contributed by atoms with Crippen LogP contribution in [-0.2, 0) is 22.1 Å². The normalized spacial score (nSPS) is 12.3. The van der Waals surface area contributed by atoms with Crippen molar-refractivity contribution in [1.29, 1.82) is 0 Å². The first-order valence-electron chi connectivity index (χ1n) is 15.3. The summed E-state index contributed by atoms with van der Waals surface area (Å²) < 4.78 is 28.3. The van der Waals surface area contributed by atoms with Crippen LogP contribution in [0.5, 0.6) is 0 Å². The fourth-order valence-electron chi connectivity index (χ4n) is 6.01. The molecule has 5 heteroatoms. The fourth-order valence-corrected chi connectivity index (χ4v) is 6.01. The van der Waals surface area contributed by atoms with E-state index < -0.39 is 10.1 Å². The summed E-state index contributed by atoms with van der Waals surface area (Å²) >= 11 is 0. The van der Waals surface area contributed by atoms with Gasteiger partial charge in [-0.3, -0.25) is 0 Å². The topological polar surface area (TPSA) is 57.2 Å². The molecule has 0 saturated carbocycles. The summed E-state index contributed by atoms with van der Waals surface area (Å²) in [6.07, 6.45) is 24.3. The highest BCUT2D eigenvalue weighted by Gasteiger charge is 2.44. The third kappa shape index (κ3) is 15.3. The van der Waals surface area contributed by atoms with Gasteiger partial charge in [0.25, 0.3) is 0 Å². The van der Waals surface area contributed by atoms with Gasteiger partial charge in [-0.05, 0) is 24.8 Å². The van der Waals surface area contributed by atoms with Crippen molar-refractivity contribution in [3.05, 3.63) is 35.4 Å². The van der Waals surface area contributed by atoms with Gasteiger partial charge in [0.15, 0.2) is 0 Å². The number of quaternary nitrogens is 1. The highest BCUT2D eigenvalue weighted by Crippen LogP contribution is 2.41. The van der Waals surface area contributed by atoms with Crippen LogP contribution >= 0.6 is 0 Å². The molecule has 0 N–H and O–H groups in total. The number of hydrogen-bond acceptors (Lipinski definition) is 3. The summed E-state index contributed by atoms with van der Waals surface area (Å²) in [7, 11) is 1.06. The lowest BCUT2D eigenvalue weighted by atomic mass is 9.78. The molecule has 0 aliphatic carbocycles. The third-order valence-electron chi connectivity index (χ3n) is 8.30. The highest BCUT2D eigenvalue weighted by atomic mass is 32.2. The minimum Gasteiger partial charge on any atom is -0.748 e. The van der Waals surface area contributed by atoms with Crippen molar-refractivity contribution in [3.63, 3.8) is 0 Å². The van der Waals surface area contributed by atoms with Gasteiger partial charge < -0.3 is 9.04 Å². The number of rotatable bonds is 20. The van der Waals surface area contributed by atoms with Crippen LogP contribution in [0.2, 0.25) is 0 Å². The number of unbranched alkanes of at least 4 members (excludes halogenated alkanes) is 13. The van der Waals surface area contributed by atoms with Crippen LogP contribution in [0.25, 0.3) is 0 Å². The summed E-state index contributed by atoms with van der Waals surface area (Å²) in [4.78, 5) is 0. The van der Waals surface area contributed by atoms with Gasteiger partial charge in [-0.25, -0.2) is 8.42 Å². The van der Waals surface area contributed by atoms with E-state index in [0.717, 1.165) is 10.9 Å². The number of nitrogens with zero attached hydrogens (tertiary/aromatic N) is 1. The Labute approximate surface area is 232 Å². The molecule has 0 heterocycles. The van der Waals surface area contributed by atoms with E-state index in [4.69, 9.17) is 13.0 Å². The van der Waals surface area contributed by atoms with Gasteiger partial charge in [0.05, 0.1) is 30.8 Å². The standard InChI is InChI=1S/C31H58N.CH4O3S/c1-7-11-12-13-14-15-16-17-18-19-20-21-22-25-28-32(5,6)31(9-3,10-4)30-27-24-23-26-29(30)8-2;1-5(2,3)4/h23-24,26-27H,7-22,25,28H2,1-6H3;1H3,(H,2,3,4)/q+1;/p-1. The molecule has 0 fully saturated rings. The van der Waals surface area contributed by atoms with Gasteiger partial charge in [-0.2, -0.15) is 0 Å². The molecule has 0 radical (unpaired) electrons. The molecule has 37 heavy (non-hydrogen) atoms. The molecule has 0 aromatic heterocycles. The van der Waals surface area contributed by atoms with Gasteiger partial charge in [0.2, 0.25) is 0 Å². The van der Waals surface area contributed by atoms with Crippen molar-refractivity contribution in [2.75, 3.05) is 26.9 Å². The number of aryl methyl sites for hydroxylation is 1. The van der Waals surface area contributed by atoms with Crippen LogP contribution in [0.15, 0.2) is 24.3 Å². The Hall–Kier alpha value is -0.910. The minimum atomic E-state index is -3.92. The van der Waals surface area contributed by atoms with E-state index in [-0.39, 0.29) is 5.54 Å². The van der Waals surface area contributed by atoms with Gasteiger partial charge in [0, 0.05) is 24.7 Å². The van der Waals surface area contributed by atoms with E-state index in [1.807, 2.05) is 0 Å².